The molecule has 2 aromatic carbocycles. The first-order chi connectivity index (χ1) is 16.8. The van der Waals surface area contributed by atoms with Crippen LogP contribution >= 0.6 is 0 Å². The van der Waals surface area contributed by atoms with Gasteiger partial charge in [0.25, 0.3) is 0 Å². The number of nitrogens with one attached hydrogen (secondary N) is 2. The van der Waals surface area contributed by atoms with Crippen molar-refractivity contribution in [3.8, 4) is 11.4 Å². The van der Waals surface area contributed by atoms with E-state index in [9.17, 15) is 0 Å². The lowest BCUT2D eigenvalue weighted by Gasteiger charge is -2.03. The van der Waals surface area contributed by atoms with E-state index in [1.807, 2.05) is 49.1 Å². The summed E-state index contributed by atoms with van der Waals surface area (Å²) in [5.74, 6) is 0. The third-order valence-corrected chi connectivity index (χ3v) is 5.98. The van der Waals surface area contributed by atoms with Crippen molar-refractivity contribution in [1.82, 2.24) is 19.9 Å². The van der Waals surface area contributed by atoms with E-state index >= 15 is 0 Å². The Bertz CT molecular complexity index is 1540. The first-order valence-electron chi connectivity index (χ1n) is 11.2. The summed E-state index contributed by atoms with van der Waals surface area (Å²) in [5.41, 5.74) is 8.46. The molecule has 0 aliphatic heterocycles. The molecule has 4 aromatic heterocycles. The predicted octanol–water partition coefficient (Wildman–Crippen LogP) is 7.45. The number of H-pyrrole nitrogens is 2. The molecule has 162 valence electrons. The fraction of sp³-hybridized carbons (Fsp3) is 0. The number of hydrogen-bond acceptors (Lipinski definition) is 2. The average Bonchev–Trinajstić information content (AvgIpc) is 3.51. The van der Waals surface area contributed by atoms with Crippen molar-refractivity contribution in [1.29, 1.82) is 0 Å². The zero-order valence-corrected chi connectivity index (χ0v) is 18.4. The molecule has 0 fully saturated rings. The Hall–Kier alpha value is -4.70. The van der Waals surface area contributed by atoms with Gasteiger partial charge in [0.05, 0.1) is 11.4 Å². The van der Waals surface area contributed by atoms with Gasteiger partial charge in [-0.3, -0.25) is 9.97 Å². The molecule has 6 aromatic rings. The van der Waals surface area contributed by atoms with Crippen molar-refractivity contribution < 1.29 is 0 Å². The largest absolute Gasteiger partial charge is 0.361 e. The van der Waals surface area contributed by atoms with Crippen molar-refractivity contribution >= 4 is 46.1 Å². The summed E-state index contributed by atoms with van der Waals surface area (Å²) in [6, 6.07) is 24.8. The van der Waals surface area contributed by atoms with Crippen molar-refractivity contribution in [3.63, 3.8) is 0 Å². The van der Waals surface area contributed by atoms with Crippen LogP contribution in [0.4, 0.5) is 0 Å². The van der Waals surface area contributed by atoms with Crippen molar-refractivity contribution in [2.24, 2.45) is 0 Å². The van der Waals surface area contributed by atoms with E-state index in [4.69, 9.17) is 0 Å². The number of fused-ring (bicyclic) bond motifs is 2. The molecule has 34 heavy (non-hydrogen) atoms. The minimum atomic E-state index is 0.850. The summed E-state index contributed by atoms with van der Waals surface area (Å²) >= 11 is 0. The van der Waals surface area contributed by atoms with E-state index < -0.39 is 0 Å². The van der Waals surface area contributed by atoms with Gasteiger partial charge in [-0.15, -0.1) is 0 Å². The summed E-state index contributed by atoms with van der Waals surface area (Å²) in [6.07, 6.45) is 16.2. The van der Waals surface area contributed by atoms with Gasteiger partial charge in [-0.1, -0.05) is 60.7 Å². The van der Waals surface area contributed by atoms with E-state index in [0.29, 0.717) is 0 Å². The molecule has 4 heterocycles. The molecule has 0 unspecified atom stereocenters. The van der Waals surface area contributed by atoms with E-state index in [-0.39, 0.29) is 0 Å². The Morgan fingerprint density at radius 3 is 1.50 bits per heavy atom. The number of aromatic nitrogens is 4. The van der Waals surface area contributed by atoms with Crippen molar-refractivity contribution in [2.45, 2.75) is 0 Å². The van der Waals surface area contributed by atoms with Gasteiger partial charge in [0.1, 0.15) is 0 Å². The molecule has 0 spiro atoms. The summed E-state index contributed by atoms with van der Waals surface area (Å²) in [7, 11) is 0. The molecule has 0 bridgehead atoms. The Morgan fingerprint density at radius 2 is 1.00 bits per heavy atom. The molecule has 0 radical (unpaired) electrons. The Labute approximate surface area is 197 Å². The highest BCUT2D eigenvalue weighted by atomic mass is 14.8. The highest BCUT2D eigenvalue weighted by molar-refractivity contribution is 5.92. The van der Waals surface area contributed by atoms with E-state index in [2.05, 4.69) is 92.8 Å². The minimum absolute atomic E-state index is 0.850. The van der Waals surface area contributed by atoms with Crippen LogP contribution in [-0.2, 0) is 0 Å². The first kappa shape index (κ1) is 19.9. The van der Waals surface area contributed by atoms with Crippen LogP contribution in [0.15, 0.2) is 97.6 Å². The van der Waals surface area contributed by atoms with Gasteiger partial charge < -0.3 is 9.97 Å². The second-order valence-electron chi connectivity index (χ2n) is 8.19. The molecule has 4 nitrogen and oxygen atoms in total. The smallest absolute Gasteiger partial charge is 0.0892 e. The Morgan fingerprint density at radius 1 is 0.529 bits per heavy atom. The highest BCUT2D eigenvalue weighted by Gasteiger charge is 2.04. The quantitative estimate of drug-likeness (QED) is 0.294. The van der Waals surface area contributed by atoms with E-state index in [1.54, 1.807) is 0 Å². The van der Waals surface area contributed by atoms with E-state index in [1.165, 1.54) is 10.8 Å². The SMILES string of the molecule is C(=C\c1c[nH]c2ccccc12)/c1ccnc(-c2cc(/C=C/c3c[nH]c4ccccc34)ccn2)c1. The molecule has 2 N–H and O–H groups in total. The lowest BCUT2D eigenvalue weighted by atomic mass is 10.1. The zero-order chi connectivity index (χ0) is 22.7. The van der Waals surface area contributed by atoms with Gasteiger partial charge in [-0.25, -0.2) is 0 Å². The molecule has 0 amide bonds. The maximum Gasteiger partial charge on any atom is 0.0892 e. The number of nitrogens with zero attached hydrogens (tertiary/aromatic N) is 2. The highest BCUT2D eigenvalue weighted by Crippen LogP contribution is 2.23. The van der Waals surface area contributed by atoms with Crippen LogP contribution in [0, 0.1) is 0 Å². The summed E-state index contributed by atoms with van der Waals surface area (Å²) in [6.45, 7) is 0. The maximum absolute atomic E-state index is 4.56. The molecule has 0 aliphatic rings. The Kier molecular flexibility index (Phi) is 5.09. The molecular formula is C30H22N4. The number of pyridine rings is 2. The van der Waals surface area contributed by atoms with Crippen LogP contribution in [0.5, 0.6) is 0 Å². The molecule has 4 heteroatoms. The third-order valence-electron chi connectivity index (χ3n) is 5.98. The fourth-order valence-corrected chi connectivity index (χ4v) is 4.22. The van der Waals surface area contributed by atoms with E-state index in [0.717, 1.165) is 44.7 Å². The fourth-order valence-electron chi connectivity index (χ4n) is 4.22. The number of aromatic amines is 2. The number of rotatable bonds is 5. The van der Waals surface area contributed by atoms with Crippen LogP contribution in [0.2, 0.25) is 0 Å². The molecule has 0 saturated carbocycles. The second-order valence-corrected chi connectivity index (χ2v) is 8.19. The Balaban J connectivity index is 1.26. The van der Waals surface area contributed by atoms with Crippen molar-refractivity contribution in [2.75, 3.05) is 0 Å². The van der Waals surface area contributed by atoms with Gasteiger partial charge in [-0.2, -0.15) is 0 Å². The summed E-state index contributed by atoms with van der Waals surface area (Å²) in [4.78, 5) is 15.8. The van der Waals surface area contributed by atoms with Gasteiger partial charge in [0.2, 0.25) is 0 Å². The van der Waals surface area contributed by atoms with Gasteiger partial charge in [0.15, 0.2) is 0 Å². The number of para-hydroxylation sites is 2. The lowest BCUT2D eigenvalue weighted by molar-refractivity contribution is 1.24. The monoisotopic (exact) mass is 438 g/mol. The number of benzene rings is 2. The first-order valence-corrected chi connectivity index (χ1v) is 11.2. The van der Waals surface area contributed by atoms with Gasteiger partial charge in [-0.05, 0) is 58.7 Å². The summed E-state index contributed by atoms with van der Waals surface area (Å²) < 4.78 is 0. The molecular weight excluding hydrogens is 416 g/mol. The van der Waals surface area contributed by atoms with Crippen LogP contribution < -0.4 is 0 Å². The minimum Gasteiger partial charge on any atom is -0.361 e. The molecule has 0 atom stereocenters. The van der Waals surface area contributed by atoms with Crippen LogP contribution in [0.3, 0.4) is 0 Å². The van der Waals surface area contributed by atoms with Gasteiger partial charge in [0, 0.05) is 46.6 Å². The van der Waals surface area contributed by atoms with Gasteiger partial charge >= 0.3 is 0 Å². The zero-order valence-electron chi connectivity index (χ0n) is 18.4. The van der Waals surface area contributed by atoms with Crippen LogP contribution in [-0.4, -0.2) is 19.9 Å². The van der Waals surface area contributed by atoms with Crippen LogP contribution in [0.25, 0.3) is 57.5 Å². The molecule has 0 saturated heterocycles. The predicted molar refractivity (Wildman–Crippen MR) is 142 cm³/mol. The lowest BCUT2D eigenvalue weighted by Crippen LogP contribution is -1.88. The third kappa shape index (κ3) is 3.93. The standard InChI is InChI=1S/C30H22N4/c1-3-7-27-25(5-1)23(19-33-27)11-9-21-13-15-31-29(17-21)30-18-22(14-16-32-30)10-12-24-20-34-28-8-4-2-6-26(24)28/h1-20,33-34H/b11-9+,12-10+. The summed E-state index contributed by atoms with van der Waals surface area (Å²) in [5, 5.41) is 2.42. The second kappa shape index (κ2) is 8.68. The van der Waals surface area contributed by atoms with Crippen molar-refractivity contribution in [3.05, 3.63) is 120 Å². The average molecular weight is 439 g/mol. The maximum atomic E-state index is 4.56. The topological polar surface area (TPSA) is 57.4 Å². The normalized spacial score (nSPS) is 11.9. The number of hydrogen-bond donors (Lipinski definition) is 2. The molecule has 0 aliphatic carbocycles. The molecule has 6 rings (SSSR count). The van der Waals surface area contributed by atoms with Crippen LogP contribution in [0.1, 0.15) is 22.3 Å².